The molecule has 8 nitrogen and oxygen atoms in total. The largest absolute Gasteiger partial charge is 0.497 e. The predicted molar refractivity (Wildman–Crippen MR) is 135 cm³/mol. The van der Waals surface area contributed by atoms with Gasteiger partial charge in [0.15, 0.2) is 0 Å². The minimum atomic E-state index is -1.25. The number of likely N-dealkylation sites (tertiary alicyclic amines) is 1. The van der Waals surface area contributed by atoms with Gasteiger partial charge in [-0.15, -0.1) is 0 Å². The van der Waals surface area contributed by atoms with Gasteiger partial charge in [0.2, 0.25) is 5.91 Å². The summed E-state index contributed by atoms with van der Waals surface area (Å²) in [4.78, 5) is 42.6. The van der Waals surface area contributed by atoms with Gasteiger partial charge in [-0.1, -0.05) is 36.4 Å². The topological polar surface area (TPSA) is 88.2 Å². The van der Waals surface area contributed by atoms with Crippen molar-refractivity contribution in [3.63, 3.8) is 0 Å². The van der Waals surface area contributed by atoms with Gasteiger partial charge in [-0.25, -0.2) is 4.79 Å². The first-order valence-electron chi connectivity index (χ1n) is 12.0. The van der Waals surface area contributed by atoms with Gasteiger partial charge in [0.05, 0.1) is 20.3 Å². The number of fused-ring (bicyclic) bond motifs is 1. The van der Waals surface area contributed by atoms with Crippen LogP contribution in [0.4, 0.5) is 4.79 Å². The van der Waals surface area contributed by atoms with E-state index in [2.05, 4.69) is 5.32 Å². The molecular formula is C28H29N3O5. The molecule has 0 radical (unpaired) electrons. The van der Waals surface area contributed by atoms with Gasteiger partial charge in [-0.3, -0.25) is 14.5 Å². The SMILES string of the molecule is COc1ccc(OC)c([C@H]2CCCN2C(=O)CN2C(=O)N[C@](C)(c3ccc4ccccc4c3)C2=O)c1. The molecule has 8 heteroatoms. The molecule has 2 heterocycles. The van der Waals surface area contributed by atoms with Gasteiger partial charge in [0, 0.05) is 12.1 Å². The second kappa shape index (κ2) is 9.18. The van der Waals surface area contributed by atoms with E-state index in [0.717, 1.165) is 34.1 Å². The molecule has 1 N–H and O–H groups in total. The summed E-state index contributed by atoms with van der Waals surface area (Å²) >= 11 is 0. The lowest BCUT2D eigenvalue weighted by atomic mass is 9.90. The van der Waals surface area contributed by atoms with E-state index in [4.69, 9.17) is 9.47 Å². The summed E-state index contributed by atoms with van der Waals surface area (Å²) in [7, 11) is 3.18. The standard InChI is InChI=1S/C28H29N3O5/c1-28(20-11-10-18-7-4-5-8-19(18)15-20)26(33)31(27(34)29-28)17-25(32)30-14-6-9-23(30)22-16-21(35-2)12-13-24(22)36-3/h4-5,7-8,10-13,15-16,23H,6,9,14,17H2,1-3H3,(H,29,34)/t23-,28-/m1/s1. The first-order valence-corrected chi connectivity index (χ1v) is 12.0. The fourth-order valence-electron chi connectivity index (χ4n) is 5.25. The third-order valence-corrected chi connectivity index (χ3v) is 7.26. The summed E-state index contributed by atoms with van der Waals surface area (Å²) in [6.45, 7) is 1.90. The Balaban J connectivity index is 1.38. The Morgan fingerprint density at radius 3 is 2.56 bits per heavy atom. The van der Waals surface area contributed by atoms with E-state index in [-0.39, 0.29) is 18.5 Å². The highest BCUT2D eigenvalue weighted by Gasteiger charge is 2.50. The maximum atomic E-state index is 13.5. The highest BCUT2D eigenvalue weighted by atomic mass is 16.5. The third kappa shape index (κ3) is 3.92. The Morgan fingerprint density at radius 2 is 1.81 bits per heavy atom. The van der Waals surface area contributed by atoms with Crippen LogP contribution in [0.1, 0.15) is 36.9 Å². The maximum absolute atomic E-state index is 13.5. The van der Waals surface area contributed by atoms with Crippen LogP contribution in [-0.4, -0.2) is 55.0 Å². The first-order chi connectivity index (χ1) is 17.4. The molecule has 2 aliphatic heterocycles. The second-order valence-electron chi connectivity index (χ2n) is 9.36. The minimum Gasteiger partial charge on any atom is -0.497 e. The van der Waals surface area contributed by atoms with E-state index in [9.17, 15) is 14.4 Å². The molecule has 5 rings (SSSR count). The molecule has 2 saturated heterocycles. The van der Waals surface area contributed by atoms with Gasteiger partial charge in [0.1, 0.15) is 23.6 Å². The number of ether oxygens (including phenoxy) is 2. The molecule has 36 heavy (non-hydrogen) atoms. The van der Waals surface area contributed by atoms with Gasteiger partial charge in [-0.2, -0.15) is 0 Å². The molecule has 186 valence electrons. The molecule has 0 bridgehead atoms. The molecule has 2 fully saturated rings. The van der Waals surface area contributed by atoms with Crippen LogP contribution in [0.5, 0.6) is 11.5 Å². The molecule has 2 aliphatic rings. The predicted octanol–water partition coefficient (Wildman–Crippen LogP) is 3.99. The average Bonchev–Trinajstić information content (AvgIpc) is 3.47. The van der Waals surface area contributed by atoms with Gasteiger partial charge in [-0.05, 0) is 60.4 Å². The Kier molecular flexibility index (Phi) is 6.04. The number of carbonyl (C=O) groups excluding carboxylic acids is 3. The molecule has 0 unspecified atom stereocenters. The molecular weight excluding hydrogens is 458 g/mol. The van der Waals surface area contributed by atoms with Crippen molar-refractivity contribution in [1.82, 2.24) is 15.1 Å². The van der Waals surface area contributed by atoms with Crippen LogP contribution >= 0.6 is 0 Å². The van der Waals surface area contributed by atoms with Crippen LogP contribution < -0.4 is 14.8 Å². The van der Waals surface area contributed by atoms with E-state index in [1.807, 2.05) is 60.7 Å². The zero-order valence-corrected chi connectivity index (χ0v) is 20.6. The number of urea groups is 1. The van der Waals surface area contributed by atoms with Crippen LogP contribution in [0.25, 0.3) is 10.8 Å². The number of rotatable bonds is 6. The number of amides is 4. The van der Waals surface area contributed by atoms with Gasteiger partial charge in [0.25, 0.3) is 5.91 Å². The van der Waals surface area contributed by atoms with Crippen LogP contribution in [0.3, 0.4) is 0 Å². The van der Waals surface area contributed by atoms with Crippen LogP contribution in [0.2, 0.25) is 0 Å². The average molecular weight is 488 g/mol. The fourth-order valence-corrected chi connectivity index (χ4v) is 5.25. The van der Waals surface area contributed by atoms with E-state index in [1.165, 1.54) is 0 Å². The van der Waals surface area contributed by atoms with Crippen LogP contribution in [0, 0.1) is 0 Å². The van der Waals surface area contributed by atoms with Crippen LogP contribution in [-0.2, 0) is 15.1 Å². The number of imide groups is 1. The lowest BCUT2D eigenvalue weighted by Gasteiger charge is -2.28. The summed E-state index contributed by atoms with van der Waals surface area (Å²) in [6.07, 6.45) is 1.57. The van der Waals surface area contributed by atoms with Crippen molar-refractivity contribution in [2.45, 2.75) is 31.3 Å². The molecule has 3 aromatic carbocycles. The van der Waals surface area contributed by atoms with E-state index < -0.39 is 17.5 Å². The summed E-state index contributed by atoms with van der Waals surface area (Å²) in [6, 6.07) is 18.2. The minimum absolute atomic E-state index is 0.227. The zero-order valence-electron chi connectivity index (χ0n) is 20.6. The highest BCUT2D eigenvalue weighted by molar-refractivity contribution is 6.09. The zero-order chi connectivity index (χ0) is 25.4. The van der Waals surface area contributed by atoms with Gasteiger partial charge < -0.3 is 19.7 Å². The second-order valence-corrected chi connectivity index (χ2v) is 9.36. The Hall–Kier alpha value is -4.07. The first kappa shape index (κ1) is 23.7. The molecule has 0 aliphatic carbocycles. The lowest BCUT2D eigenvalue weighted by molar-refractivity contribution is -0.139. The number of benzene rings is 3. The fraction of sp³-hybridized carbons (Fsp3) is 0.321. The monoisotopic (exact) mass is 487 g/mol. The lowest BCUT2D eigenvalue weighted by Crippen LogP contribution is -2.44. The van der Waals surface area contributed by atoms with E-state index >= 15 is 0 Å². The quantitative estimate of drug-likeness (QED) is 0.532. The van der Waals surface area contributed by atoms with Crippen molar-refractivity contribution in [2.75, 3.05) is 27.3 Å². The van der Waals surface area contributed by atoms with Crippen LogP contribution in [0.15, 0.2) is 60.7 Å². The number of nitrogens with one attached hydrogen (secondary N) is 1. The number of methoxy groups -OCH3 is 2. The summed E-state index contributed by atoms with van der Waals surface area (Å²) in [5.74, 6) is 0.615. The molecule has 2 atom stereocenters. The molecule has 0 saturated carbocycles. The van der Waals surface area contributed by atoms with Crippen molar-refractivity contribution in [3.05, 3.63) is 71.8 Å². The van der Waals surface area contributed by atoms with E-state index in [0.29, 0.717) is 23.6 Å². The van der Waals surface area contributed by atoms with Gasteiger partial charge >= 0.3 is 6.03 Å². The summed E-state index contributed by atoms with van der Waals surface area (Å²) in [5.41, 5.74) is 0.275. The number of carbonyl (C=O) groups is 3. The summed E-state index contributed by atoms with van der Waals surface area (Å²) < 4.78 is 10.9. The third-order valence-electron chi connectivity index (χ3n) is 7.26. The highest BCUT2D eigenvalue weighted by Crippen LogP contribution is 2.39. The normalized spacial score (nSPS) is 21.7. The molecule has 3 aromatic rings. The van der Waals surface area contributed by atoms with Crippen molar-refractivity contribution in [1.29, 1.82) is 0 Å². The summed E-state index contributed by atoms with van der Waals surface area (Å²) in [5, 5.41) is 4.83. The van der Waals surface area contributed by atoms with E-state index in [1.54, 1.807) is 26.0 Å². The van der Waals surface area contributed by atoms with Crippen molar-refractivity contribution < 1.29 is 23.9 Å². The van der Waals surface area contributed by atoms with Crippen molar-refractivity contribution >= 4 is 28.6 Å². The Labute approximate surface area is 209 Å². The Morgan fingerprint density at radius 1 is 1.03 bits per heavy atom. The molecule has 4 amide bonds. The number of hydrogen-bond acceptors (Lipinski definition) is 5. The molecule has 0 spiro atoms. The number of nitrogens with zero attached hydrogens (tertiary/aromatic N) is 2. The number of hydrogen-bond donors (Lipinski definition) is 1. The smallest absolute Gasteiger partial charge is 0.325 e. The Bertz CT molecular complexity index is 1360. The van der Waals surface area contributed by atoms with Crippen molar-refractivity contribution in [2.24, 2.45) is 0 Å². The van der Waals surface area contributed by atoms with Crippen molar-refractivity contribution in [3.8, 4) is 11.5 Å². The maximum Gasteiger partial charge on any atom is 0.325 e. The molecule has 0 aromatic heterocycles.